The quantitative estimate of drug-likeness (QED) is 0.355. The SMILES string of the molecule is O=C(CSc1ccc([N+](=O)[O-])cc1)Nc1ccc(-c2n[nH]c(C3CC3)n2)cc1. The summed E-state index contributed by atoms with van der Waals surface area (Å²) in [6, 6.07) is 13.5. The van der Waals surface area contributed by atoms with Crippen molar-refractivity contribution in [3.05, 3.63) is 64.5 Å². The first-order valence-corrected chi connectivity index (χ1v) is 9.77. The third-order valence-electron chi connectivity index (χ3n) is 4.31. The highest BCUT2D eigenvalue weighted by molar-refractivity contribution is 8.00. The van der Waals surface area contributed by atoms with E-state index in [9.17, 15) is 14.9 Å². The molecular weight excluding hydrogens is 378 g/mol. The molecule has 8 nitrogen and oxygen atoms in total. The number of carbonyl (C=O) groups is 1. The molecule has 1 amide bonds. The van der Waals surface area contributed by atoms with Crippen LogP contribution in [-0.2, 0) is 4.79 Å². The van der Waals surface area contributed by atoms with Crippen LogP contribution in [0.4, 0.5) is 11.4 Å². The number of amides is 1. The number of rotatable bonds is 7. The van der Waals surface area contributed by atoms with Gasteiger partial charge in [0.15, 0.2) is 5.82 Å². The summed E-state index contributed by atoms with van der Waals surface area (Å²) in [5.74, 6) is 2.19. The monoisotopic (exact) mass is 395 g/mol. The molecule has 0 radical (unpaired) electrons. The van der Waals surface area contributed by atoms with Gasteiger partial charge in [-0.2, -0.15) is 5.10 Å². The van der Waals surface area contributed by atoms with Crippen LogP contribution in [0.15, 0.2) is 53.4 Å². The molecule has 0 atom stereocenters. The summed E-state index contributed by atoms with van der Waals surface area (Å²) in [6.45, 7) is 0. The maximum absolute atomic E-state index is 12.1. The van der Waals surface area contributed by atoms with Gasteiger partial charge in [0.1, 0.15) is 5.82 Å². The van der Waals surface area contributed by atoms with Gasteiger partial charge in [-0.05, 0) is 49.2 Å². The van der Waals surface area contributed by atoms with E-state index in [4.69, 9.17) is 0 Å². The van der Waals surface area contributed by atoms with Crippen molar-refractivity contribution in [1.82, 2.24) is 15.2 Å². The minimum Gasteiger partial charge on any atom is -0.325 e. The van der Waals surface area contributed by atoms with Crippen LogP contribution < -0.4 is 5.32 Å². The van der Waals surface area contributed by atoms with Gasteiger partial charge in [0.05, 0.1) is 10.7 Å². The highest BCUT2D eigenvalue weighted by Crippen LogP contribution is 2.38. The Balaban J connectivity index is 1.30. The molecule has 2 aromatic carbocycles. The summed E-state index contributed by atoms with van der Waals surface area (Å²) in [7, 11) is 0. The number of benzene rings is 2. The number of hydrogen-bond acceptors (Lipinski definition) is 6. The summed E-state index contributed by atoms with van der Waals surface area (Å²) in [5, 5.41) is 20.7. The van der Waals surface area contributed by atoms with Gasteiger partial charge in [-0.15, -0.1) is 11.8 Å². The number of H-pyrrole nitrogens is 1. The Hall–Kier alpha value is -3.20. The van der Waals surface area contributed by atoms with E-state index in [1.807, 2.05) is 24.3 Å². The van der Waals surface area contributed by atoms with E-state index >= 15 is 0 Å². The fourth-order valence-electron chi connectivity index (χ4n) is 2.66. The average molecular weight is 395 g/mol. The predicted octanol–water partition coefficient (Wildman–Crippen LogP) is 3.99. The first-order valence-electron chi connectivity index (χ1n) is 8.78. The molecule has 2 N–H and O–H groups in total. The highest BCUT2D eigenvalue weighted by Gasteiger charge is 2.27. The van der Waals surface area contributed by atoms with E-state index in [0.717, 1.165) is 29.1 Å². The molecule has 142 valence electrons. The van der Waals surface area contributed by atoms with Gasteiger partial charge >= 0.3 is 0 Å². The van der Waals surface area contributed by atoms with Crippen molar-refractivity contribution in [2.45, 2.75) is 23.7 Å². The summed E-state index contributed by atoms with van der Waals surface area (Å²) < 4.78 is 0. The van der Waals surface area contributed by atoms with Crippen LogP contribution in [0.1, 0.15) is 24.6 Å². The predicted molar refractivity (Wildman–Crippen MR) is 106 cm³/mol. The van der Waals surface area contributed by atoms with Gasteiger partial charge in [-0.1, -0.05) is 0 Å². The highest BCUT2D eigenvalue weighted by atomic mass is 32.2. The van der Waals surface area contributed by atoms with E-state index in [1.165, 1.54) is 23.9 Å². The van der Waals surface area contributed by atoms with E-state index in [1.54, 1.807) is 12.1 Å². The molecule has 1 aliphatic carbocycles. The Morgan fingerprint density at radius 2 is 1.89 bits per heavy atom. The lowest BCUT2D eigenvalue weighted by Gasteiger charge is -2.06. The number of nitrogens with zero attached hydrogens (tertiary/aromatic N) is 3. The molecule has 1 saturated carbocycles. The lowest BCUT2D eigenvalue weighted by molar-refractivity contribution is -0.384. The number of thioether (sulfide) groups is 1. The summed E-state index contributed by atoms with van der Waals surface area (Å²) in [4.78, 5) is 27.6. The number of non-ortho nitro benzene ring substituents is 1. The molecule has 0 spiro atoms. The molecule has 0 aliphatic heterocycles. The molecule has 0 saturated heterocycles. The Morgan fingerprint density at radius 3 is 2.54 bits per heavy atom. The molecular formula is C19H17N5O3S. The van der Waals surface area contributed by atoms with Crippen LogP contribution in [0, 0.1) is 10.1 Å². The van der Waals surface area contributed by atoms with Crippen molar-refractivity contribution in [3.63, 3.8) is 0 Å². The number of nitro groups is 1. The van der Waals surface area contributed by atoms with E-state index in [0.29, 0.717) is 17.4 Å². The Morgan fingerprint density at radius 1 is 1.18 bits per heavy atom. The van der Waals surface area contributed by atoms with Gasteiger partial charge in [-0.25, -0.2) is 4.98 Å². The van der Waals surface area contributed by atoms with Gasteiger partial charge in [0, 0.05) is 34.2 Å². The van der Waals surface area contributed by atoms with Crippen LogP contribution in [0.25, 0.3) is 11.4 Å². The zero-order valence-corrected chi connectivity index (χ0v) is 15.6. The number of nitrogens with one attached hydrogen (secondary N) is 2. The molecule has 28 heavy (non-hydrogen) atoms. The number of anilines is 1. The molecule has 0 unspecified atom stereocenters. The second-order valence-corrected chi connectivity index (χ2v) is 7.53. The normalized spacial score (nSPS) is 13.3. The lowest BCUT2D eigenvalue weighted by atomic mass is 10.2. The molecule has 3 aromatic rings. The minimum atomic E-state index is -0.448. The largest absolute Gasteiger partial charge is 0.325 e. The van der Waals surface area contributed by atoms with E-state index in [-0.39, 0.29) is 17.3 Å². The number of hydrogen-bond donors (Lipinski definition) is 2. The molecule has 0 bridgehead atoms. The van der Waals surface area contributed by atoms with Crippen LogP contribution in [0.2, 0.25) is 0 Å². The Bertz CT molecular complexity index is 997. The van der Waals surface area contributed by atoms with Gasteiger partial charge in [0.25, 0.3) is 5.69 Å². The fourth-order valence-corrected chi connectivity index (χ4v) is 3.35. The van der Waals surface area contributed by atoms with Crippen molar-refractivity contribution in [3.8, 4) is 11.4 Å². The summed E-state index contributed by atoms with van der Waals surface area (Å²) in [6.07, 6.45) is 2.33. The number of nitro benzene ring substituents is 1. The zero-order chi connectivity index (χ0) is 19.5. The van der Waals surface area contributed by atoms with Crippen molar-refractivity contribution in [2.75, 3.05) is 11.1 Å². The van der Waals surface area contributed by atoms with E-state index < -0.39 is 4.92 Å². The van der Waals surface area contributed by atoms with Crippen LogP contribution in [-0.4, -0.2) is 31.8 Å². The molecule has 1 heterocycles. The van der Waals surface area contributed by atoms with Crippen LogP contribution in [0.5, 0.6) is 0 Å². The summed E-state index contributed by atoms with van der Waals surface area (Å²) in [5.41, 5.74) is 1.61. The van der Waals surface area contributed by atoms with Gasteiger partial charge in [0.2, 0.25) is 5.91 Å². The van der Waals surface area contributed by atoms with Crippen molar-refractivity contribution in [2.24, 2.45) is 0 Å². The molecule has 4 rings (SSSR count). The third-order valence-corrected chi connectivity index (χ3v) is 5.32. The number of aromatic nitrogens is 3. The third kappa shape index (κ3) is 4.37. The van der Waals surface area contributed by atoms with Crippen LogP contribution >= 0.6 is 11.8 Å². The number of carbonyl (C=O) groups excluding carboxylic acids is 1. The average Bonchev–Trinajstić information content (AvgIpc) is 3.44. The van der Waals surface area contributed by atoms with Gasteiger partial charge in [-0.3, -0.25) is 20.0 Å². The second kappa shape index (κ2) is 7.81. The van der Waals surface area contributed by atoms with Gasteiger partial charge < -0.3 is 5.32 Å². The number of aromatic amines is 1. The minimum absolute atomic E-state index is 0.0320. The lowest BCUT2D eigenvalue weighted by Crippen LogP contribution is -2.13. The topological polar surface area (TPSA) is 114 Å². The molecule has 1 fully saturated rings. The van der Waals surface area contributed by atoms with Crippen molar-refractivity contribution >= 4 is 29.0 Å². The molecule has 1 aromatic heterocycles. The maximum Gasteiger partial charge on any atom is 0.269 e. The first kappa shape index (κ1) is 18.2. The molecule has 1 aliphatic rings. The van der Waals surface area contributed by atoms with Crippen molar-refractivity contribution < 1.29 is 9.72 Å². The standard InChI is InChI=1S/C19H17N5O3S/c25-17(11-28-16-9-7-15(8-10-16)24(26)27)20-14-5-3-13(4-6-14)19-21-18(22-23-19)12-1-2-12/h3-10,12H,1-2,11H2,(H,20,25)(H,21,22,23). The maximum atomic E-state index is 12.1. The Labute approximate surface area is 164 Å². The first-order chi connectivity index (χ1) is 13.6. The fraction of sp³-hybridized carbons (Fsp3) is 0.211. The zero-order valence-electron chi connectivity index (χ0n) is 14.8. The summed E-state index contributed by atoms with van der Waals surface area (Å²) >= 11 is 1.32. The Kier molecular flexibility index (Phi) is 5.07. The second-order valence-electron chi connectivity index (χ2n) is 6.48. The van der Waals surface area contributed by atoms with Crippen molar-refractivity contribution in [1.29, 1.82) is 0 Å². The van der Waals surface area contributed by atoms with Crippen LogP contribution in [0.3, 0.4) is 0 Å². The van der Waals surface area contributed by atoms with E-state index in [2.05, 4.69) is 20.5 Å². The molecule has 9 heteroatoms. The smallest absolute Gasteiger partial charge is 0.269 e.